The summed E-state index contributed by atoms with van der Waals surface area (Å²) in [5.74, 6) is -3.06. The second-order valence-electron chi connectivity index (χ2n) is 6.16. The van der Waals surface area contributed by atoms with Crippen molar-refractivity contribution >= 4 is 18.3 Å². The molecule has 1 heterocycles. The van der Waals surface area contributed by atoms with Crippen molar-refractivity contribution in [3.63, 3.8) is 0 Å². The van der Waals surface area contributed by atoms with Crippen LogP contribution in [0.3, 0.4) is 0 Å². The van der Waals surface area contributed by atoms with Gasteiger partial charge in [0.2, 0.25) is 5.91 Å². The van der Waals surface area contributed by atoms with E-state index >= 15 is 0 Å². The highest BCUT2D eigenvalue weighted by atomic mass is 35.5. The van der Waals surface area contributed by atoms with Gasteiger partial charge in [-0.3, -0.25) is 10.1 Å². The summed E-state index contributed by atoms with van der Waals surface area (Å²) < 4.78 is 31.3. The molecule has 1 aliphatic carbocycles. The average Bonchev–Trinajstić information content (AvgIpc) is 3.01. The van der Waals surface area contributed by atoms with Crippen molar-refractivity contribution in [3.05, 3.63) is 0 Å². The molecule has 0 aromatic heterocycles. The summed E-state index contributed by atoms with van der Waals surface area (Å²) in [7, 11) is 1.67. The number of rotatable bonds is 6. The van der Waals surface area contributed by atoms with Gasteiger partial charge < -0.3 is 10.1 Å². The maximum absolute atomic E-state index is 13.1. The van der Waals surface area contributed by atoms with Crippen molar-refractivity contribution < 1.29 is 18.3 Å². The predicted octanol–water partition coefficient (Wildman–Crippen LogP) is 2.12. The number of amides is 1. The summed E-state index contributed by atoms with van der Waals surface area (Å²) in [6.07, 6.45) is 5.00. The van der Waals surface area contributed by atoms with Gasteiger partial charge >= 0.3 is 0 Å². The predicted molar refractivity (Wildman–Crippen MR) is 79.0 cm³/mol. The maximum Gasteiger partial charge on any atom is 0.262 e. The molecule has 0 bridgehead atoms. The number of halogens is 3. The van der Waals surface area contributed by atoms with Crippen LogP contribution in [-0.2, 0) is 9.53 Å². The summed E-state index contributed by atoms with van der Waals surface area (Å²) in [5.41, 5.74) is 0.0901. The number of carbonyl (C=O) groups excluding carboxylic acids is 1. The van der Waals surface area contributed by atoms with Crippen LogP contribution >= 0.6 is 12.4 Å². The highest BCUT2D eigenvalue weighted by Crippen LogP contribution is 2.40. The molecule has 2 rings (SSSR count). The van der Waals surface area contributed by atoms with E-state index in [1.807, 2.05) is 0 Å². The van der Waals surface area contributed by atoms with Gasteiger partial charge in [-0.05, 0) is 24.7 Å². The number of alkyl halides is 2. The topological polar surface area (TPSA) is 50.4 Å². The van der Waals surface area contributed by atoms with Crippen molar-refractivity contribution in [2.45, 2.75) is 50.5 Å². The molecule has 0 aromatic rings. The largest absolute Gasteiger partial charge is 0.385 e. The molecule has 4 nitrogen and oxygen atoms in total. The van der Waals surface area contributed by atoms with Crippen LogP contribution in [-0.4, -0.2) is 44.7 Å². The smallest absolute Gasteiger partial charge is 0.262 e. The number of nitrogens with one attached hydrogen (secondary N) is 2. The lowest BCUT2D eigenvalue weighted by Crippen LogP contribution is -2.44. The van der Waals surface area contributed by atoms with Gasteiger partial charge in [0.25, 0.3) is 5.92 Å². The number of methoxy groups -OCH3 is 1. The Morgan fingerprint density at radius 3 is 2.57 bits per heavy atom. The fraction of sp³-hybridized carbons (Fsp3) is 0.929. The van der Waals surface area contributed by atoms with E-state index in [-0.39, 0.29) is 23.7 Å². The normalized spacial score (nSPS) is 26.3. The Kier molecular flexibility index (Phi) is 6.81. The molecular formula is C14H25ClF2N2O2. The van der Waals surface area contributed by atoms with Crippen LogP contribution in [0.5, 0.6) is 0 Å². The molecule has 1 unspecified atom stereocenters. The highest BCUT2D eigenvalue weighted by Gasteiger charge is 2.43. The first-order valence-electron chi connectivity index (χ1n) is 7.34. The van der Waals surface area contributed by atoms with Crippen LogP contribution in [0.1, 0.15) is 38.5 Å². The van der Waals surface area contributed by atoms with E-state index in [0.29, 0.717) is 13.2 Å². The zero-order chi connectivity index (χ0) is 14.6. The maximum atomic E-state index is 13.1. The molecule has 0 aromatic carbocycles. The first kappa shape index (κ1) is 18.6. The van der Waals surface area contributed by atoms with Crippen molar-refractivity contribution in [3.8, 4) is 0 Å². The standard InChI is InChI=1S/C14H24F2N2O2.ClH/c1-20-7-6-13(4-2-3-5-13)9-18-12(19)11-8-14(15,16)10-17-11;/h11,17H,2-10H2,1H3,(H,18,19);1H. The quantitative estimate of drug-likeness (QED) is 0.786. The molecule has 2 aliphatic rings. The Balaban J connectivity index is 0.00000220. The molecule has 21 heavy (non-hydrogen) atoms. The second-order valence-corrected chi connectivity index (χ2v) is 6.16. The van der Waals surface area contributed by atoms with Gasteiger partial charge in [0.1, 0.15) is 0 Å². The van der Waals surface area contributed by atoms with Gasteiger partial charge in [-0.25, -0.2) is 8.78 Å². The molecular weight excluding hydrogens is 302 g/mol. The second kappa shape index (κ2) is 7.70. The number of carbonyl (C=O) groups is 1. The van der Waals surface area contributed by atoms with Crippen molar-refractivity contribution in [1.82, 2.24) is 10.6 Å². The molecule has 1 saturated carbocycles. The summed E-state index contributed by atoms with van der Waals surface area (Å²) in [5, 5.41) is 5.45. The van der Waals surface area contributed by atoms with Gasteiger partial charge in [0.15, 0.2) is 0 Å². The lowest BCUT2D eigenvalue weighted by molar-refractivity contribution is -0.124. The highest BCUT2D eigenvalue weighted by molar-refractivity contribution is 5.85. The summed E-state index contributed by atoms with van der Waals surface area (Å²) in [6, 6.07) is -0.758. The molecule has 2 N–H and O–H groups in total. The summed E-state index contributed by atoms with van der Waals surface area (Å²) >= 11 is 0. The zero-order valence-electron chi connectivity index (χ0n) is 12.4. The Hall–Kier alpha value is -0.460. The van der Waals surface area contributed by atoms with E-state index in [1.165, 1.54) is 12.8 Å². The van der Waals surface area contributed by atoms with Crippen molar-refractivity contribution in [2.75, 3.05) is 26.8 Å². The average molecular weight is 327 g/mol. The minimum Gasteiger partial charge on any atom is -0.385 e. The SMILES string of the molecule is COCCC1(CNC(=O)C2CC(F)(F)CN2)CCCC1.Cl. The first-order chi connectivity index (χ1) is 9.46. The van der Waals surface area contributed by atoms with Gasteiger partial charge in [-0.2, -0.15) is 0 Å². The van der Waals surface area contributed by atoms with Gasteiger partial charge in [0.05, 0.1) is 12.6 Å². The molecule has 2 fully saturated rings. The molecule has 1 amide bonds. The Labute approximate surface area is 130 Å². The van der Waals surface area contributed by atoms with E-state index in [9.17, 15) is 13.6 Å². The molecule has 1 aliphatic heterocycles. The van der Waals surface area contributed by atoms with Crippen LogP contribution in [0.2, 0.25) is 0 Å². The van der Waals surface area contributed by atoms with E-state index in [0.717, 1.165) is 19.3 Å². The molecule has 7 heteroatoms. The van der Waals surface area contributed by atoms with Gasteiger partial charge in [-0.1, -0.05) is 12.8 Å². The number of ether oxygens (including phenoxy) is 1. The van der Waals surface area contributed by atoms with Crippen molar-refractivity contribution in [1.29, 1.82) is 0 Å². The summed E-state index contributed by atoms with van der Waals surface area (Å²) in [6.45, 7) is 0.842. The van der Waals surface area contributed by atoms with E-state index in [4.69, 9.17) is 4.74 Å². The fourth-order valence-corrected chi connectivity index (χ4v) is 3.26. The molecule has 0 spiro atoms. The minimum absolute atomic E-state index is 0. The lowest BCUT2D eigenvalue weighted by Gasteiger charge is -2.29. The monoisotopic (exact) mass is 326 g/mol. The molecule has 124 valence electrons. The van der Waals surface area contributed by atoms with Gasteiger partial charge in [-0.15, -0.1) is 12.4 Å². The third kappa shape index (κ3) is 5.04. The number of hydrogen-bond donors (Lipinski definition) is 2. The Morgan fingerprint density at radius 1 is 1.38 bits per heavy atom. The lowest BCUT2D eigenvalue weighted by atomic mass is 9.83. The third-order valence-corrected chi connectivity index (χ3v) is 4.56. The minimum atomic E-state index is -2.76. The fourth-order valence-electron chi connectivity index (χ4n) is 3.26. The van der Waals surface area contributed by atoms with Crippen LogP contribution < -0.4 is 10.6 Å². The van der Waals surface area contributed by atoms with Gasteiger partial charge in [0, 0.05) is 26.7 Å². The van der Waals surface area contributed by atoms with Crippen LogP contribution in [0, 0.1) is 5.41 Å². The Morgan fingerprint density at radius 2 is 2.05 bits per heavy atom. The zero-order valence-corrected chi connectivity index (χ0v) is 13.2. The molecule has 0 radical (unpaired) electrons. The first-order valence-corrected chi connectivity index (χ1v) is 7.34. The number of hydrogen-bond acceptors (Lipinski definition) is 3. The Bertz CT molecular complexity index is 350. The van der Waals surface area contributed by atoms with E-state index in [1.54, 1.807) is 7.11 Å². The molecule has 1 saturated heterocycles. The van der Waals surface area contributed by atoms with E-state index in [2.05, 4.69) is 10.6 Å². The van der Waals surface area contributed by atoms with Crippen LogP contribution in [0.25, 0.3) is 0 Å². The third-order valence-electron chi connectivity index (χ3n) is 4.56. The van der Waals surface area contributed by atoms with Crippen molar-refractivity contribution in [2.24, 2.45) is 5.41 Å². The van der Waals surface area contributed by atoms with E-state index < -0.39 is 24.9 Å². The van der Waals surface area contributed by atoms with Crippen LogP contribution in [0.15, 0.2) is 0 Å². The van der Waals surface area contributed by atoms with Crippen LogP contribution in [0.4, 0.5) is 8.78 Å². The molecule has 1 atom stereocenters. The summed E-state index contributed by atoms with van der Waals surface area (Å²) in [4.78, 5) is 12.0.